The molecular formula is C19H26N2O6. The predicted molar refractivity (Wildman–Crippen MR) is 99.6 cm³/mol. The molecule has 2 amide bonds. The number of carbonyl (C=O) groups is 2. The van der Waals surface area contributed by atoms with Crippen molar-refractivity contribution >= 4 is 17.4 Å². The minimum Gasteiger partial charge on any atom is -0.493 e. The van der Waals surface area contributed by atoms with Crippen molar-refractivity contribution < 1.29 is 28.5 Å². The van der Waals surface area contributed by atoms with E-state index in [0.29, 0.717) is 54.6 Å². The molecule has 1 heterocycles. The standard InChI is InChI=1S/C19H26N2O6/c1-20-18(22)16(13-6-7-14(26-4)15(12-13)27-5)17(19(20)23)21(8-10-24-2)9-11-25-3/h6-7,12H,8-11H2,1-5H3. The van der Waals surface area contributed by atoms with E-state index in [9.17, 15) is 9.59 Å². The van der Waals surface area contributed by atoms with Crippen LogP contribution in [0.1, 0.15) is 5.56 Å². The van der Waals surface area contributed by atoms with Gasteiger partial charge < -0.3 is 23.8 Å². The highest BCUT2D eigenvalue weighted by molar-refractivity contribution is 6.35. The number of hydrogen-bond acceptors (Lipinski definition) is 7. The second kappa shape index (κ2) is 9.38. The number of imide groups is 1. The number of ether oxygens (including phenoxy) is 4. The lowest BCUT2D eigenvalue weighted by Gasteiger charge is -2.25. The molecule has 0 fully saturated rings. The Labute approximate surface area is 159 Å². The van der Waals surface area contributed by atoms with Gasteiger partial charge in [0, 0.05) is 34.4 Å². The fourth-order valence-electron chi connectivity index (χ4n) is 2.91. The number of methoxy groups -OCH3 is 4. The molecule has 27 heavy (non-hydrogen) atoms. The fourth-order valence-corrected chi connectivity index (χ4v) is 2.91. The Morgan fingerprint density at radius 1 is 0.889 bits per heavy atom. The van der Waals surface area contributed by atoms with Gasteiger partial charge in [0.25, 0.3) is 11.8 Å². The number of amides is 2. The first-order valence-corrected chi connectivity index (χ1v) is 8.52. The van der Waals surface area contributed by atoms with Crippen LogP contribution in [0.2, 0.25) is 0 Å². The van der Waals surface area contributed by atoms with Gasteiger partial charge in [-0.1, -0.05) is 6.07 Å². The van der Waals surface area contributed by atoms with E-state index in [4.69, 9.17) is 18.9 Å². The average molecular weight is 378 g/mol. The van der Waals surface area contributed by atoms with Crippen LogP contribution in [0.15, 0.2) is 23.9 Å². The average Bonchev–Trinajstić information content (AvgIpc) is 2.91. The van der Waals surface area contributed by atoms with Crippen LogP contribution in [0.3, 0.4) is 0 Å². The van der Waals surface area contributed by atoms with Crippen molar-refractivity contribution in [2.24, 2.45) is 0 Å². The first-order chi connectivity index (χ1) is 13.0. The third-order valence-corrected chi connectivity index (χ3v) is 4.38. The summed E-state index contributed by atoms with van der Waals surface area (Å²) in [6, 6.07) is 5.15. The van der Waals surface area contributed by atoms with Crippen LogP contribution in [0.25, 0.3) is 5.57 Å². The number of benzene rings is 1. The molecule has 1 aliphatic rings. The van der Waals surface area contributed by atoms with Gasteiger partial charge in [-0.05, 0) is 17.7 Å². The van der Waals surface area contributed by atoms with Crippen molar-refractivity contribution in [3.8, 4) is 11.5 Å². The molecule has 0 aromatic heterocycles. The molecule has 1 aromatic rings. The molecule has 0 saturated heterocycles. The zero-order chi connectivity index (χ0) is 20.0. The molecular weight excluding hydrogens is 352 g/mol. The van der Waals surface area contributed by atoms with Crippen LogP contribution in [0.5, 0.6) is 11.5 Å². The molecule has 0 radical (unpaired) electrons. The Bertz CT molecular complexity index is 723. The zero-order valence-electron chi connectivity index (χ0n) is 16.4. The van der Waals surface area contributed by atoms with E-state index in [1.165, 1.54) is 21.3 Å². The molecule has 1 aliphatic heterocycles. The number of hydrogen-bond donors (Lipinski definition) is 0. The van der Waals surface area contributed by atoms with Gasteiger partial charge in [0.05, 0.1) is 33.0 Å². The third-order valence-electron chi connectivity index (χ3n) is 4.38. The molecule has 0 bridgehead atoms. The SMILES string of the molecule is COCCN(CCOC)C1=C(c2ccc(OC)c(OC)c2)C(=O)N(C)C1=O. The smallest absolute Gasteiger partial charge is 0.277 e. The first kappa shape index (κ1) is 20.7. The van der Waals surface area contributed by atoms with E-state index in [0.717, 1.165) is 4.90 Å². The van der Waals surface area contributed by atoms with E-state index in [2.05, 4.69) is 0 Å². The second-order valence-corrected chi connectivity index (χ2v) is 5.94. The van der Waals surface area contributed by atoms with Crippen molar-refractivity contribution in [2.45, 2.75) is 0 Å². The number of likely N-dealkylation sites (N-methyl/N-ethyl adjacent to an activating group) is 1. The van der Waals surface area contributed by atoms with Crippen LogP contribution in [0.4, 0.5) is 0 Å². The normalized spacial score (nSPS) is 14.2. The lowest BCUT2D eigenvalue weighted by Crippen LogP contribution is -2.36. The van der Waals surface area contributed by atoms with Crippen molar-refractivity contribution in [1.82, 2.24) is 9.80 Å². The van der Waals surface area contributed by atoms with Gasteiger partial charge in [-0.15, -0.1) is 0 Å². The largest absolute Gasteiger partial charge is 0.493 e. The zero-order valence-corrected chi connectivity index (χ0v) is 16.4. The van der Waals surface area contributed by atoms with Crippen LogP contribution in [-0.4, -0.2) is 83.4 Å². The third kappa shape index (κ3) is 4.23. The van der Waals surface area contributed by atoms with E-state index in [1.807, 2.05) is 4.90 Å². The highest BCUT2D eigenvalue weighted by Gasteiger charge is 2.39. The second-order valence-electron chi connectivity index (χ2n) is 5.94. The van der Waals surface area contributed by atoms with Gasteiger partial charge >= 0.3 is 0 Å². The first-order valence-electron chi connectivity index (χ1n) is 8.52. The minimum absolute atomic E-state index is 0.329. The van der Waals surface area contributed by atoms with Gasteiger partial charge in [-0.25, -0.2) is 0 Å². The van der Waals surface area contributed by atoms with Gasteiger partial charge in [0.2, 0.25) is 0 Å². The lowest BCUT2D eigenvalue weighted by atomic mass is 10.0. The quantitative estimate of drug-likeness (QED) is 0.562. The summed E-state index contributed by atoms with van der Waals surface area (Å²) in [5, 5.41) is 0. The van der Waals surface area contributed by atoms with Crippen LogP contribution < -0.4 is 9.47 Å². The Kier molecular flexibility index (Phi) is 7.20. The molecule has 148 valence electrons. The summed E-state index contributed by atoms with van der Waals surface area (Å²) in [4.78, 5) is 28.6. The molecule has 8 nitrogen and oxygen atoms in total. The summed E-state index contributed by atoms with van der Waals surface area (Å²) in [6.07, 6.45) is 0. The van der Waals surface area contributed by atoms with Crippen LogP contribution >= 0.6 is 0 Å². The molecule has 0 spiro atoms. The Hall–Kier alpha value is -2.58. The molecule has 1 aromatic carbocycles. The lowest BCUT2D eigenvalue weighted by molar-refractivity contribution is -0.136. The Morgan fingerprint density at radius 3 is 2.00 bits per heavy atom. The van der Waals surface area contributed by atoms with Crippen molar-refractivity contribution in [3.05, 3.63) is 29.5 Å². The minimum atomic E-state index is -0.359. The summed E-state index contributed by atoms with van der Waals surface area (Å²) in [5.74, 6) is 0.320. The monoisotopic (exact) mass is 378 g/mol. The number of nitrogens with zero attached hydrogens (tertiary/aromatic N) is 2. The molecule has 0 unspecified atom stereocenters. The topological polar surface area (TPSA) is 77.5 Å². The molecule has 2 rings (SSSR count). The maximum absolute atomic E-state index is 12.8. The Morgan fingerprint density at radius 2 is 1.48 bits per heavy atom. The maximum atomic E-state index is 12.8. The predicted octanol–water partition coefficient (Wildman–Crippen LogP) is 1.01. The Balaban J connectivity index is 2.57. The van der Waals surface area contributed by atoms with Gasteiger partial charge in [0.1, 0.15) is 5.70 Å². The van der Waals surface area contributed by atoms with Crippen molar-refractivity contribution in [2.75, 3.05) is 61.8 Å². The maximum Gasteiger partial charge on any atom is 0.277 e. The molecule has 0 saturated carbocycles. The van der Waals surface area contributed by atoms with Gasteiger partial charge in [0.15, 0.2) is 11.5 Å². The number of carbonyl (C=O) groups excluding carboxylic acids is 2. The van der Waals surface area contributed by atoms with Crippen molar-refractivity contribution in [1.29, 1.82) is 0 Å². The summed E-state index contributed by atoms with van der Waals surface area (Å²) in [6.45, 7) is 1.74. The highest BCUT2D eigenvalue weighted by Crippen LogP contribution is 2.35. The van der Waals surface area contributed by atoms with E-state index < -0.39 is 0 Å². The molecule has 8 heteroatoms. The van der Waals surface area contributed by atoms with Gasteiger partial charge in [-0.2, -0.15) is 0 Å². The van der Waals surface area contributed by atoms with E-state index in [1.54, 1.807) is 32.4 Å². The highest BCUT2D eigenvalue weighted by atomic mass is 16.5. The van der Waals surface area contributed by atoms with Crippen LogP contribution in [-0.2, 0) is 19.1 Å². The summed E-state index contributed by atoms with van der Waals surface area (Å²) < 4.78 is 20.9. The fraction of sp³-hybridized carbons (Fsp3) is 0.474. The number of rotatable bonds is 10. The molecule has 0 aliphatic carbocycles. The molecule has 0 N–H and O–H groups in total. The van der Waals surface area contributed by atoms with Crippen molar-refractivity contribution in [3.63, 3.8) is 0 Å². The summed E-state index contributed by atoms with van der Waals surface area (Å²) in [5.41, 5.74) is 1.25. The van der Waals surface area contributed by atoms with Crippen LogP contribution in [0, 0.1) is 0 Å². The summed E-state index contributed by atoms with van der Waals surface area (Å²) in [7, 11) is 7.71. The van der Waals surface area contributed by atoms with E-state index >= 15 is 0 Å². The molecule has 0 atom stereocenters. The van der Waals surface area contributed by atoms with E-state index in [-0.39, 0.29) is 11.8 Å². The van der Waals surface area contributed by atoms with Gasteiger partial charge in [-0.3, -0.25) is 14.5 Å². The summed E-state index contributed by atoms with van der Waals surface area (Å²) >= 11 is 0.